The van der Waals surface area contributed by atoms with E-state index >= 15 is 0 Å². The Morgan fingerprint density at radius 1 is 1.12 bits per heavy atom. The quantitative estimate of drug-likeness (QED) is 0.739. The summed E-state index contributed by atoms with van der Waals surface area (Å²) in [6, 6.07) is 9.08. The van der Waals surface area contributed by atoms with E-state index in [-0.39, 0.29) is 32.3 Å². The van der Waals surface area contributed by atoms with Crippen molar-refractivity contribution in [1.82, 2.24) is 0 Å². The normalized spacial score (nSPS) is 12.0. The van der Waals surface area contributed by atoms with Crippen LogP contribution in [0.4, 0.5) is 18.9 Å². The minimum Gasteiger partial charge on any atom is -0.497 e. The molecule has 0 aliphatic carbocycles. The van der Waals surface area contributed by atoms with E-state index in [0.29, 0.717) is 5.75 Å². The molecule has 0 unspecified atom stereocenters. The number of alkyl halides is 3. The van der Waals surface area contributed by atoms with E-state index in [1.165, 1.54) is 37.4 Å². The topological polar surface area (TPSA) is 55.4 Å². The van der Waals surface area contributed by atoms with Crippen molar-refractivity contribution in [2.24, 2.45) is 0 Å². The molecule has 130 valence electrons. The first-order chi connectivity index (χ1) is 11.1. The average Bonchev–Trinajstić information content (AvgIpc) is 2.48. The smallest absolute Gasteiger partial charge is 0.446 e. The van der Waals surface area contributed by atoms with Crippen molar-refractivity contribution in [3.63, 3.8) is 0 Å². The molecule has 0 saturated heterocycles. The minimum absolute atomic E-state index is 0.0202. The van der Waals surface area contributed by atoms with Crippen LogP contribution in [0.3, 0.4) is 0 Å². The summed E-state index contributed by atoms with van der Waals surface area (Å²) in [6.07, 6.45) is 0. The Hall–Kier alpha value is -1.58. The van der Waals surface area contributed by atoms with Gasteiger partial charge in [0, 0.05) is 4.90 Å². The van der Waals surface area contributed by atoms with Gasteiger partial charge in [0.25, 0.3) is 10.0 Å². The first-order valence-corrected chi connectivity index (χ1v) is 9.01. The van der Waals surface area contributed by atoms with E-state index in [9.17, 15) is 21.6 Å². The molecule has 0 bridgehead atoms. The van der Waals surface area contributed by atoms with Gasteiger partial charge < -0.3 is 4.74 Å². The lowest BCUT2D eigenvalue weighted by Gasteiger charge is -2.11. The molecule has 4 nitrogen and oxygen atoms in total. The lowest BCUT2D eigenvalue weighted by molar-refractivity contribution is -0.0328. The molecule has 0 heterocycles. The molecule has 10 heteroatoms. The molecule has 0 spiro atoms. The fourth-order valence-electron chi connectivity index (χ4n) is 1.74. The van der Waals surface area contributed by atoms with Gasteiger partial charge in [-0.25, -0.2) is 8.42 Å². The maximum Gasteiger partial charge on any atom is 0.446 e. The number of rotatable bonds is 5. The Morgan fingerprint density at radius 2 is 1.75 bits per heavy atom. The number of benzene rings is 2. The number of ether oxygens (including phenoxy) is 1. The predicted octanol–water partition coefficient (Wildman–Crippen LogP) is 4.76. The Bertz CT molecular complexity index is 824. The summed E-state index contributed by atoms with van der Waals surface area (Å²) in [5.74, 6) is 0.491. The van der Waals surface area contributed by atoms with Crippen LogP contribution in [0.15, 0.2) is 52.3 Å². The molecule has 1 N–H and O–H groups in total. The molecular formula is C14H11ClF3NO3S2. The van der Waals surface area contributed by atoms with Crippen LogP contribution in [-0.2, 0) is 10.0 Å². The summed E-state index contributed by atoms with van der Waals surface area (Å²) < 4.78 is 68.8. The van der Waals surface area contributed by atoms with E-state index in [1.807, 2.05) is 0 Å². The van der Waals surface area contributed by atoms with E-state index < -0.39 is 15.5 Å². The third-order valence-electron chi connectivity index (χ3n) is 2.78. The number of thioether (sulfide) groups is 1. The van der Waals surface area contributed by atoms with Gasteiger partial charge in [-0.1, -0.05) is 11.6 Å². The summed E-state index contributed by atoms with van der Waals surface area (Å²) in [5, 5.41) is -0.202. The number of nitrogens with one attached hydrogen (secondary N) is 1. The molecular weight excluding hydrogens is 387 g/mol. The Morgan fingerprint density at radius 3 is 2.25 bits per heavy atom. The Labute approximate surface area is 146 Å². The maximum atomic E-state index is 12.4. The molecule has 0 aromatic heterocycles. The van der Waals surface area contributed by atoms with E-state index in [4.69, 9.17) is 16.3 Å². The number of halogens is 4. The van der Waals surface area contributed by atoms with E-state index in [0.717, 1.165) is 12.1 Å². The second kappa shape index (κ2) is 7.12. The number of sulfonamides is 1. The van der Waals surface area contributed by atoms with Gasteiger partial charge in [0.1, 0.15) is 5.75 Å². The van der Waals surface area contributed by atoms with Crippen LogP contribution in [0.2, 0.25) is 5.02 Å². The zero-order chi connectivity index (χ0) is 18.0. The van der Waals surface area contributed by atoms with Crippen molar-refractivity contribution in [2.75, 3.05) is 11.8 Å². The molecule has 0 aliphatic heterocycles. The number of hydrogen-bond acceptors (Lipinski definition) is 4. The van der Waals surface area contributed by atoms with Gasteiger partial charge in [0.2, 0.25) is 0 Å². The van der Waals surface area contributed by atoms with E-state index in [1.54, 1.807) is 0 Å². The predicted molar refractivity (Wildman–Crippen MR) is 87.2 cm³/mol. The molecule has 2 aromatic carbocycles. The third kappa shape index (κ3) is 4.96. The zero-order valence-corrected chi connectivity index (χ0v) is 14.5. The molecule has 24 heavy (non-hydrogen) atoms. The van der Waals surface area contributed by atoms with Crippen molar-refractivity contribution in [3.05, 3.63) is 47.5 Å². The lowest BCUT2D eigenvalue weighted by Crippen LogP contribution is -2.13. The van der Waals surface area contributed by atoms with Gasteiger partial charge in [-0.2, -0.15) is 13.2 Å². The molecule has 0 amide bonds. The SMILES string of the molecule is COc1ccc(S(=O)(=O)Nc2ccc(SC(F)(F)F)c(Cl)c2)cc1. The van der Waals surface area contributed by atoms with Crippen molar-refractivity contribution in [3.8, 4) is 5.75 Å². The van der Waals surface area contributed by atoms with Gasteiger partial charge in [-0.05, 0) is 54.2 Å². The van der Waals surface area contributed by atoms with Crippen LogP contribution in [0.25, 0.3) is 0 Å². The lowest BCUT2D eigenvalue weighted by atomic mass is 10.3. The van der Waals surface area contributed by atoms with Crippen LogP contribution in [0, 0.1) is 0 Å². The third-order valence-corrected chi connectivity index (χ3v) is 5.41. The minimum atomic E-state index is -4.48. The standard InChI is InChI=1S/C14H11ClF3NO3S2/c1-22-10-3-5-11(6-4-10)24(20,21)19-9-2-7-13(12(15)8-9)23-14(16,17)18/h2-8,19H,1H3. The monoisotopic (exact) mass is 397 g/mol. The van der Waals surface area contributed by atoms with Gasteiger partial charge in [-0.3, -0.25) is 4.72 Å². The number of methoxy groups -OCH3 is 1. The highest BCUT2D eigenvalue weighted by Crippen LogP contribution is 2.41. The Balaban J connectivity index is 2.21. The van der Waals surface area contributed by atoms with Crippen molar-refractivity contribution < 1.29 is 26.3 Å². The molecule has 0 saturated carbocycles. The van der Waals surface area contributed by atoms with Crippen molar-refractivity contribution in [1.29, 1.82) is 0 Å². The molecule has 2 aromatic rings. The van der Waals surface area contributed by atoms with Crippen LogP contribution in [-0.4, -0.2) is 21.0 Å². The van der Waals surface area contributed by atoms with Gasteiger partial charge >= 0.3 is 5.51 Å². The number of hydrogen-bond donors (Lipinski definition) is 1. The second-order valence-corrected chi connectivity index (χ2v) is 7.67. The first-order valence-electron chi connectivity index (χ1n) is 6.33. The van der Waals surface area contributed by atoms with Crippen LogP contribution >= 0.6 is 23.4 Å². The second-order valence-electron chi connectivity index (χ2n) is 4.47. The number of anilines is 1. The fourth-order valence-corrected chi connectivity index (χ4v) is 3.63. The highest BCUT2D eigenvalue weighted by molar-refractivity contribution is 8.00. The summed E-state index contributed by atoms with van der Waals surface area (Å²) >= 11 is 5.41. The average molecular weight is 398 g/mol. The molecule has 0 radical (unpaired) electrons. The highest BCUT2D eigenvalue weighted by Gasteiger charge is 2.30. The van der Waals surface area contributed by atoms with Crippen molar-refractivity contribution in [2.45, 2.75) is 15.3 Å². The Kier molecular flexibility index (Phi) is 5.56. The summed E-state index contributed by atoms with van der Waals surface area (Å²) in [5.41, 5.74) is -4.42. The first kappa shape index (κ1) is 18.8. The summed E-state index contributed by atoms with van der Waals surface area (Å²) in [6.45, 7) is 0. The van der Waals surface area contributed by atoms with Crippen LogP contribution in [0.5, 0.6) is 5.75 Å². The summed E-state index contributed by atoms with van der Waals surface area (Å²) in [7, 11) is -2.45. The summed E-state index contributed by atoms with van der Waals surface area (Å²) in [4.78, 5) is -0.232. The van der Waals surface area contributed by atoms with Gasteiger partial charge in [0.05, 0.1) is 22.7 Å². The van der Waals surface area contributed by atoms with Gasteiger partial charge in [0.15, 0.2) is 0 Å². The van der Waals surface area contributed by atoms with Crippen molar-refractivity contribution >= 4 is 39.1 Å². The van der Waals surface area contributed by atoms with Crippen LogP contribution < -0.4 is 9.46 Å². The molecule has 0 fully saturated rings. The molecule has 0 aliphatic rings. The molecule has 0 atom stereocenters. The van der Waals surface area contributed by atoms with E-state index in [2.05, 4.69) is 4.72 Å². The highest BCUT2D eigenvalue weighted by atomic mass is 35.5. The largest absolute Gasteiger partial charge is 0.497 e. The molecule has 2 rings (SSSR count). The van der Waals surface area contributed by atoms with Crippen LogP contribution in [0.1, 0.15) is 0 Å². The van der Waals surface area contributed by atoms with Gasteiger partial charge in [-0.15, -0.1) is 0 Å². The fraction of sp³-hybridized carbons (Fsp3) is 0.143. The zero-order valence-electron chi connectivity index (χ0n) is 12.1. The maximum absolute atomic E-state index is 12.4.